The number of alkyl carbamates (subject to hydrolysis) is 1. The third kappa shape index (κ3) is 13.5. The fourth-order valence-electron chi connectivity index (χ4n) is 8.42. The normalized spacial score (nSPS) is 25.0. The zero-order chi connectivity index (χ0) is 46.6. The molecule has 0 bridgehead atoms. The van der Waals surface area contributed by atoms with E-state index in [1.54, 1.807) is 38.1 Å². The number of aliphatic hydroxyl groups is 3. The van der Waals surface area contributed by atoms with E-state index in [1.807, 2.05) is 6.07 Å². The standard InChI is InChI=1S/C44H63N7O13/c1-25-17-29(18-26(2)38(25)56)41(58)47-20-33(53)39(57)40-37(50-36(55)23-51(46)22-30(45)28-13-7-4-8-14-28)32(52)19-44(64-40,42(59)60)63-34-16-10-9-15-31(34)49-35(54)21-48-43(61)62-24-27-11-5-3-6-12-27/h3,5-6,11-12,17-18,22,28,31-34,37,39-40,52-53,56-57H,4,7-10,13-16,19-21,23-24,45-46H2,1-2H3,(H,47,58)(H,48,61)(H,49,54)(H,50,55)(H,59,60)/b30-22-/t31?,32-,33+,34?,37+,39+,40?,44+/m0/s1. The first-order valence-corrected chi connectivity index (χ1v) is 21.7. The van der Waals surface area contributed by atoms with E-state index in [4.69, 9.17) is 25.8 Å². The van der Waals surface area contributed by atoms with Crippen LogP contribution in [0.25, 0.3) is 0 Å². The SMILES string of the molecule is Cc1cc(C(=O)NC[C@@H](O)[C@@H](O)C2O[C@@](OC3CCCCC3NC(=O)CNC(=O)OCc3ccccc3)(C(=O)O)C[C@H](O)[C@H]2NC(=O)CN(N)/C=C(\N)C2CCCCC2)cc(C)c1O. The maximum Gasteiger partial charge on any atom is 0.407 e. The largest absolute Gasteiger partial charge is 0.507 e. The Morgan fingerprint density at radius 3 is 2.27 bits per heavy atom. The van der Waals surface area contributed by atoms with Crippen molar-refractivity contribution in [2.45, 2.75) is 133 Å². The fraction of sp³-hybridized carbons (Fsp3) is 0.568. The molecule has 20 heteroatoms. The summed E-state index contributed by atoms with van der Waals surface area (Å²) in [7, 11) is 0. The summed E-state index contributed by atoms with van der Waals surface area (Å²) in [4.78, 5) is 65.1. The first-order valence-electron chi connectivity index (χ1n) is 21.7. The molecule has 4 amide bonds. The summed E-state index contributed by atoms with van der Waals surface area (Å²) in [6.45, 7) is 1.67. The molecule has 1 saturated heterocycles. The number of carbonyl (C=O) groups is 5. The Labute approximate surface area is 371 Å². The molecule has 64 heavy (non-hydrogen) atoms. The number of rotatable bonds is 18. The highest BCUT2D eigenvalue weighted by Crippen LogP contribution is 2.37. The second kappa shape index (κ2) is 22.9. The smallest absolute Gasteiger partial charge is 0.407 e. The van der Waals surface area contributed by atoms with Crippen LogP contribution < -0.4 is 32.8 Å². The zero-order valence-corrected chi connectivity index (χ0v) is 36.2. The molecule has 8 atom stereocenters. The van der Waals surface area contributed by atoms with Crippen molar-refractivity contribution >= 4 is 29.8 Å². The van der Waals surface area contributed by atoms with E-state index in [9.17, 15) is 49.5 Å². The number of aliphatic hydroxyl groups excluding tert-OH is 3. The van der Waals surface area contributed by atoms with E-state index in [-0.39, 0.29) is 30.3 Å². The summed E-state index contributed by atoms with van der Waals surface area (Å²) >= 11 is 0. The molecule has 13 N–H and O–H groups in total. The molecule has 0 spiro atoms. The Morgan fingerprint density at radius 1 is 0.938 bits per heavy atom. The monoisotopic (exact) mass is 897 g/mol. The summed E-state index contributed by atoms with van der Waals surface area (Å²) in [5.41, 5.74) is 8.56. The highest BCUT2D eigenvalue weighted by Gasteiger charge is 2.57. The number of amides is 4. The predicted octanol–water partition coefficient (Wildman–Crippen LogP) is 0.803. The Morgan fingerprint density at radius 2 is 1.59 bits per heavy atom. The number of carbonyl (C=O) groups excluding carboxylic acids is 4. The first-order chi connectivity index (χ1) is 30.5. The molecule has 2 aromatic carbocycles. The number of nitrogens with one attached hydrogen (secondary N) is 4. The molecule has 2 saturated carbocycles. The van der Waals surface area contributed by atoms with Crippen LogP contribution in [0.3, 0.4) is 0 Å². The molecule has 3 aliphatic rings. The number of hydrogen-bond acceptors (Lipinski definition) is 15. The zero-order valence-electron chi connectivity index (χ0n) is 36.2. The molecule has 1 heterocycles. The second-order valence-corrected chi connectivity index (χ2v) is 16.9. The van der Waals surface area contributed by atoms with Gasteiger partial charge in [-0.25, -0.2) is 15.4 Å². The minimum Gasteiger partial charge on any atom is -0.507 e. The molecule has 0 aromatic heterocycles. The van der Waals surface area contributed by atoms with Crippen molar-refractivity contribution in [3.8, 4) is 5.75 Å². The molecular formula is C44H63N7O13. The minimum atomic E-state index is -2.68. The number of aromatic hydroxyl groups is 1. The molecule has 2 aromatic rings. The molecule has 20 nitrogen and oxygen atoms in total. The maximum atomic E-state index is 13.5. The number of aliphatic carboxylic acids is 1. The van der Waals surface area contributed by atoms with Crippen LogP contribution in [0.1, 0.15) is 91.3 Å². The Bertz CT molecular complexity index is 1940. The van der Waals surface area contributed by atoms with Gasteiger partial charge in [-0.1, -0.05) is 62.4 Å². The van der Waals surface area contributed by atoms with Gasteiger partial charge >= 0.3 is 12.1 Å². The summed E-state index contributed by atoms with van der Waals surface area (Å²) in [5.74, 6) is -0.186. The van der Waals surface area contributed by atoms with Crippen LogP contribution >= 0.6 is 0 Å². The van der Waals surface area contributed by atoms with Crippen LogP contribution in [0, 0.1) is 19.8 Å². The summed E-state index contributed by atoms with van der Waals surface area (Å²) in [6.07, 6.45) is -2.00. The van der Waals surface area contributed by atoms with E-state index < -0.39 is 104 Å². The number of nitrogens with two attached hydrogens (primary N) is 2. The van der Waals surface area contributed by atoms with E-state index >= 15 is 0 Å². The third-order valence-electron chi connectivity index (χ3n) is 11.9. The molecule has 1 aliphatic heterocycles. The van der Waals surface area contributed by atoms with Gasteiger partial charge in [0.25, 0.3) is 11.7 Å². The maximum absolute atomic E-state index is 13.5. The van der Waals surface area contributed by atoms with Gasteiger partial charge in [-0.2, -0.15) is 0 Å². The Kier molecular flexibility index (Phi) is 17.7. The molecule has 0 radical (unpaired) electrons. The number of hydrogen-bond donors (Lipinski definition) is 11. The van der Waals surface area contributed by atoms with Gasteiger partial charge in [0, 0.05) is 30.4 Å². The van der Waals surface area contributed by atoms with Gasteiger partial charge in [0.1, 0.15) is 37.7 Å². The topological polar surface area (TPSA) is 318 Å². The van der Waals surface area contributed by atoms with Crippen molar-refractivity contribution in [1.82, 2.24) is 26.3 Å². The van der Waals surface area contributed by atoms with Crippen LogP contribution in [0.4, 0.5) is 4.79 Å². The van der Waals surface area contributed by atoms with Gasteiger partial charge in [0.05, 0.1) is 30.4 Å². The van der Waals surface area contributed by atoms with Gasteiger partial charge < -0.3 is 71.8 Å². The third-order valence-corrected chi connectivity index (χ3v) is 11.9. The van der Waals surface area contributed by atoms with Gasteiger partial charge in [-0.3, -0.25) is 14.4 Å². The number of carboxylic acid groups (broad SMARTS) is 1. The number of hydrazine groups is 1. The Balaban J connectivity index is 1.30. The van der Waals surface area contributed by atoms with Gasteiger partial charge in [-0.15, -0.1) is 0 Å². The lowest BCUT2D eigenvalue weighted by atomic mass is 9.87. The van der Waals surface area contributed by atoms with E-state index in [0.717, 1.165) is 42.7 Å². The van der Waals surface area contributed by atoms with Crippen LogP contribution in [0.15, 0.2) is 54.4 Å². The summed E-state index contributed by atoms with van der Waals surface area (Å²) < 4.78 is 17.4. The Hall–Kier alpha value is -5.51. The van der Waals surface area contributed by atoms with Crippen molar-refractivity contribution in [3.05, 3.63) is 76.6 Å². The lowest BCUT2D eigenvalue weighted by Gasteiger charge is -2.48. The van der Waals surface area contributed by atoms with Gasteiger partial charge in [0.15, 0.2) is 0 Å². The average molecular weight is 898 g/mol. The number of benzene rings is 2. The van der Waals surface area contributed by atoms with Crippen LogP contribution in [0.5, 0.6) is 5.75 Å². The fourth-order valence-corrected chi connectivity index (χ4v) is 8.42. The van der Waals surface area contributed by atoms with Crippen molar-refractivity contribution in [3.63, 3.8) is 0 Å². The lowest BCUT2D eigenvalue weighted by molar-refractivity contribution is -0.325. The molecule has 2 aliphatic carbocycles. The predicted molar refractivity (Wildman–Crippen MR) is 229 cm³/mol. The van der Waals surface area contributed by atoms with Crippen molar-refractivity contribution in [2.24, 2.45) is 17.5 Å². The number of ether oxygens (including phenoxy) is 3. The molecular weight excluding hydrogens is 835 g/mol. The van der Waals surface area contributed by atoms with Crippen LogP contribution in [-0.2, 0) is 35.2 Å². The van der Waals surface area contributed by atoms with Gasteiger partial charge in [-0.05, 0) is 74.3 Å². The number of phenolic OH excluding ortho intramolecular Hbond substituents is 1. The second-order valence-electron chi connectivity index (χ2n) is 16.9. The molecule has 352 valence electrons. The summed E-state index contributed by atoms with van der Waals surface area (Å²) in [6, 6.07) is 9.48. The molecule has 3 fully saturated rings. The minimum absolute atomic E-state index is 0.00869. The van der Waals surface area contributed by atoms with Crippen molar-refractivity contribution in [1.29, 1.82) is 0 Å². The number of carboxylic acids is 1. The number of aryl methyl sites for hydroxylation is 2. The highest BCUT2D eigenvalue weighted by molar-refractivity contribution is 5.95. The van der Waals surface area contributed by atoms with Crippen LogP contribution in [-0.4, -0.2) is 128 Å². The number of phenols is 1. The van der Waals surface area contributed by atoms with E-state index in [1.165, 1.54) is 18.3 Å². The highest BCUT2D eigenvalue weighted by atomic mass is 16.7. The average Bonchev–Trinajstić information content (AvgIpc) is 3.27. The lowest BCUT2D eigenvalue weighted by Crippen LogP contribution is -2.69. The molecule has 3 unspecified atom stereocenters. The van der Waals surface area contributed by atoms with Crippen LogP contribution in [0.2, 0.25) is 0 Å². The first kappa shape index (κ1) is 49.5. The van der Waals surface area contributed by atoms with Gasteiger partial charge in [0.2, 0.25) is 11.8 Å². The van der Waals surface area contributed by atoms with Crippen molar-refractivity contribution in [2.75, 3.05) is 19.6 Å². The number of nitrogens with zero attached hydrogens (tertiary/aromatic N) is 1. The quantitative estimate of drug-likeness (QED) is 0.0728. The van der Waals surface area contributed by atoms with Crippen molar-refractivity contribution < 1.29 is 63.7 Å². The van der Waals surface area contributed by atoms with E-state index in [2.05, 4.69) is 21.3 Å². The summed E-state index contributed by atoms with van der Waals surface area (Å²) in [5, 5.41) is 66.7. The van der Waals surface area contributed by atoms with E-state index in [0.29, 0.717) is 36.1 Å². The molecule has 5 rings (SSSR count). The number of allylic oxidation sites excluding steroid dienone is 1.